The molecule has 2 aromatic rings. The molecule has 142 valence electrons. The van der Waals surface area contributed by atoms with Gasteiger partial charge in [0, 0.05) is 12.0 Å². The van der Waals surface area contributed by atoms with Crippen LogP contribution in [-0.2, 0) is 21.7 Å². The van der Waals surface area contributed by atoms with E-state index < -0.39 is 11.5 Å². The second-order valence-electron chi connectivity index (χ2n) is 6.99. The number of carbonyl (C=O) groups excluding carboxylic acids is 2. The maximum absolute atomic E-state index is 13.0. The number of nitrogens with zero attached hydrogens (tertiary/aromatic N) is 1. The zero-order valence-corrected chi connectivity index (χ0v) is 15.8. The third-order valence-electron chi connectivity index (χ3n) is 4.77. The molecule has 27 heavy (non-hydrogen) atoms. The quantitative estimate of drug-likeness (QED) is 0.724. The molecule has 0 radical (unpaired) electrons. The number of para-hydroxylation sites is 1. The third-order valence-corrected chi connectivity index (χ3v) is 4.77. The number of ether oxygens (including phenoxy) is 1. The van der Waals surface area contributed by atoms with Crippen LogP contribution >= 0.6 is 0 Å². The molecule has 0 aromatic heterocycles. The molecular formula is C22H25NO4. The van der Waals surface area contributed by atoms with Gasteiger partial charge in [-0.1, -0.05) is 43.7 Å². The van der Waals surface area contributed by atoms with Crippen LogP contribution in [0.2, 0.25) is 0 Å². The largest absolute Gasteiger partial charge is 0.494 e. The molecule has 0 spiro atoms. The second kappa shape index (κ2) is 7.92. The first-order valence-electron chi connectivity index (χ1n) is 9.30. The van der Waals surface area contributed by atoms with E-state index in [9.17, 15) is 14.7 Å². The van der Waals surface area contributed by atoms with Crippen molar-refractivity contribution in [3.63, 3.8) is 0 Å². The number of carbonyl (C=O) groups is 2. The first-order valence-corrected chi connectivity index (χ1v) is 9.30. The molecule has 0 bridgehead atoms. The van der Waals surface area contributed by atoms with E-state index in [2.05, 4.69) is 6.92 Å². The van der Waals surface area contributed by atoms with E-state index in [0.29, 0.717) is 24.4 Å². The third kappa shape index (κ3) is 3.88. The Kier molecular flexibility index (Phi) is 5.61. The van der Waals surface area contributed by atoms with Crippen molar-refractivity contribution in [3.05, 3.63) is 59.7 Å². The van der Waals surface area contributed by atoms with Crippen molar-refractivity contribution in [1.82, 2.24) is 0 Å². The summed E-state index contributed by atoms with van der Waals surface area (Å²) in [6.07, 6.45) is 1.87. The summed E-state index contributed by atoms with van der Waals surface area (Å²) in [6.45, 7) is 4.51. The minimum absolute atomic E-state index is 0.219. The summed E-state index contributed by atoms with van der Waals surface area (Å²) < 4.78 is 5.67. The Hall–Kier alpha value is -2.66. The number of amides is 1. The van der Waals surface area contributed by atoms with Crippen LogP contribution in [0.3, 0.4) is 0 Å². The van der Waals surface area contributed by atoms with Gasteiger partial charge in [0.05, 0.1) is 18.8 Å². The number of hydrogen-bond acceptors (Lipinski definition) is 4. The topological polar surface area (TPSA) is 66.8 Å². The minimum atomic E-state index is -1.79. The Bertz CT molecular complexity index is 830. The molecule has 1 atom stereocenters. The molecule has 1 heterocycles. The number of benzene rings is 2. The van der Waals surface area contributed by atoms with E-state index in [-0.39, 0.29) is 12.2 Å². The summed E-state index contributed by atoms with van der Waals surface area (Å²) >= 11 is 0. The molecule has 1 amide bonds. The summed E-state index contributed by atoms with van der Waals surface area (Å²) in [5, 5.41) is 11.0. The number of unbranched alkanes of at least 4 members (excludes halogenated alkanes) is 1. The Balaban J connectivity index is 1.81. The minimum Gasteiger partial charge on any atom is -0.494 e. The molecular weight excluding hydrogens is 342 g/mol. The van der Waals surface area contributed by atoms with Crippen molar-refractivity contribution in [2.45, 2.75) is 45.3 Å². The number of fused-ring (bicyclic) bond motifs is 1. The van der Waals surface area contributed by atoms with E-state index in [1.807, 2.05) is 30.3 Å². The van der Waals surface area contributed by atoms with E-state index in [1.165, 1.54) is 6.92 Å². The van der Waals surface area contributed by atoms with Crippen molar-refractivity contribution >= 4 is 17.4 Å². The highest BCUT2D eigenvalue weighted by Crippen LogP contribution is 2.43. The molecule has 1 aliphatic rings. The summed E-state index contributed by atoms with van der Waals surface area (Å²) in [5.74, 6) is 0.117. The Labute approximate surface area is 159 Å². The van der Waals surface area contributed by atoms with Gasteiger partial charge in [-0.15, -0.1) is 0 Å². The van der Waals surface area contributed by atoms with Crippen LogP contribution in [0.1, 0.15) is 44.2 Å². The fourth-order valence-electron chi connectivity index (χ4n) is 3.40. The van der Waals surface area contributed by atoms with Gasteiger partial charge in [-0.3, -0.25) is 9.59 Å². The van der Waals surface area contributed by atoms with E-state index >= 15 is 0 Å². The summed E-state index contributed by atoms with van der Waals surface area (Å²) in [7, 11) is 0. The molecule has 0 saturated carbocycles. The fraction of sp³-hybridized carbons (Fsp3) is 0.364. The van der Waals surface area contributed by atoms with Crippen LogP contribution in [0.25, 0.3) is 0 Å². The lowest BCUT2D eigenvalue weighted by molar-refractivity contribution is -0.141. The predicted octanol–water partition coefficient (Wildman–Crippen LogP) is 3.58. The van der Waals surface area contributed by atoms with Crippen LogP contribution < -0.4 is 9.64 Å². The first kappa shape index (κ1) is 19.1. The number of rotatable bonds is 8. The monoisotopic (exact) mass is 367 g/mol. The van der Waals surface area contributed by atoms with Gasteiger partial charge in [0.15, 0.2) is 5.60 Å². The average molecular weight is 367 g/mol. The number of hydrogen-bond donors (Lipinski definition) is 1. The predicted molar refractivity (Wildman–Crippen MR) is 104 cm³/mol. The lowest BCUT2D eigenvalue weighted by Gasteiger charge is -2.22. The molecule has 1 N–H and O–H groups in total. The molecule has 1 aliphatic heterocycles. The molecule has 5 heteroatoms. The molecule has 3 rings (SSSR count). The SMILES string of the molecule is CCCCOc1ccc(CN2C(=O)C(O)(CC(C)=O)c3ccccc32)cc1. The zero-order chi connectivity index (χ0) is 19.4. The van der Waals surface area contributed by atoms with Gasteiger partial charge in [-0.2, -0.15) is 0 Å². The highest BCUT2D eigenvalue weighted by molar-refractivity contribution is 6.08. The number of anilines is 1. The van der Waals surface area contributed by atoms with Crippen LogP contribution in [0.15, 0.2) is 48.5 Å². The molecule has 1 unspecified atom stereocenters. The summed E-state index contributed by atoms with van der Waals surface area (Å²) in [5.41, 5.74) is 0.276. The highest BCUT2D eigenvalue weighted by atomic mass is 16.5. The smallest absolute Gasteiger partial charge is 0.264 e. The molecule has 0 saturated heterocycles. The van der Waals surface area contributed by atoms with E-state index in [0.717, 1.165) is 24.2 Å². The van der Waals surface area contributed by atoms with Crippen LogP contribution in [-0.4, -0.2) is 23.4 Å². The lowest BCUT2D eigenvalue weighted by atomic mass is 9.90. The van der Waals surface area contributed by atoms with Gasteiger partial charge in [-0.25, -0.2) is 0 Å². The molecule has 0 aliphatic carbocycles. The van der Waals surface area contributed by atoms with Gasteiger partial charge in [0.1, 0.15) is 11.5 Å². The maximum atomic E-state index is 13.0. The zero-order valence-electron chi connectivity index (χ0n) is 15.8. The van der Waals surface area contributed by atoms with Gasteiger partial charge < -0.3 is 14.7 Å². The fourth-order valence-corrected chi connectivity index (χ4v) is 3.40. The van der Waals surface area contributed by atoms with Gasteiger partial charge >= 0.3 is 0 Å². The van der Waals surface area contributed by atoms with Crippen LogP contribution in [0.5, 0.6) is 5.75 Å². The average Bonchev–Trinajstić information content (AvgIpc) is 2.85. The number of Topliss-reactive ketones (excluding diaryl/α,β-unsaturated/α-hetero) is 1. The van der Waals surface area contributed by atoms with Crippen molar-refractivity contribution in [2.24, 2.45) is 0 Å². The van der Waals surface area contributed by atoms with Crippen molar-refractivity contribution in [2.75, 3.05) is 11.5 Å². The van der Waals surface area contributed by atoms with Crippen molar-refractivity contribution in [3.8, 4) is 5.75 Å². The standard InChI is InChI=1S/C22H25NO4/c1-3-4-13-27-18-11-9-17(10-12-18)15-23-20-8-6-5-7-19(20)22(26,21(23)25)14-16(2)24/h5-12,26H,3-4,13-15H2,1-2H3. The molecule has 0 fully saturated rings. The molecule has 2 aromatic carbocycles. The lowest BCUT2D eigenvalue weighted by Crippen LogP contribution is -2.41. The number of ketones is 1. The summed E-state index contributed by atoms with van der Waals surface area (Å²) in [6, 6.07) is 14.7. The van der Waals surface area contributed by atoms with Crippen molar-refractivity contribution < 1.29 is 19.4 Å². The Morgan fingerprint density at radius 3 is 2.52 bits per heavy atom. The van der Waals surface area contributed by atoms with Crippen molar-refractivity contribution in [1.29, 1.82) is 0 Å². The summed E-state index contributed by atoms with van der Waals surface area (Å²) in [4.78, 5) is 26.1. The highest BCUT2D eigenvalue weighted by Gasteiger charge is 2.50. The van der Waals surface area contributed by atoms with Gasteiger partial charge in [-0.05, 0) is 37.1 Å². The van der Waals surface area contributed by atoms with Crippen LogP contribution in [0.4, 0.5) is 5.69 Å². The molecule has 5 nitrogen and oxygen atoms in total. The normalized spacial score (nSPS) is 18.5. The number of aliphatic hydroxyl groups is 1. The first-order chi connectivity index (χ1) is 13.0. The second-order valence-corrected chi connectivity index (χ2v) is 6.99. The van der Waals surface area contributed by atoms with Gasteiger partial charge in [0.2, 0.25) is 0 Å². The Morgan fingerprint density at radius 1 is 1.15 bits per heavy atom. The van der Waals surface area contributed by atoms with E-state index in [4.69, 9.17) is 4.74 Å². The maximum Gasteiger partial charge on any atom is 0.264 e. The van der Waals surface area contributed by atoms with Crippen LogP contribution in [0, 0.1) is 0 Å². The Morgan fingerprint density at radius 2 is 1.85 bits per heavy atom. The van der Waals surface area contributed by atoms with E-state index in [1.54, 1.807) is 23.1 Å². The van der Waals surface area contributed by atoms with Gasteiger partial charge in [0.25, 0.3) is 5.91 Å².